The Labute approximate surface area is 142 Å². The smallest absolute Gasteiger partial charge is 0.0717 e. The van der Waals surface area contributed by atoms with Gasteiger partial charge in [-0.3, -0.25) is 4.90 Å². The molecule has 0 unspecified atom stereocenters. The lowest BCUT2D eigenvalue weighted by molar-refractivity contribution is 0.201. The molecule has 0 radical (unpaired) electrons. The summed E-state index contributed by atoms with van der Waals surface area (Å²) in [6.07, 6.45) is 2.18. The molecule has 22 heavy (non-hydrogen) atoms. The van der Waals surface area contributed by atoms with Crippen LogP contribution in [0.15, 0.2) is 46.4 Å². The molecule has 0 bridgehead atoms. The van der Waals surface area contributed by atoms with Crippen LogP contribution in [-0.4, -0.2) is 36.1 Å². The molecule has 2 aromatic heterocycles. The van der Waals surface area contributed by atoms with Gasteiger partial charge in [0.25, 0.3) is 0 Å². The fourth-order valence-electron chi connectivity index (χ4n) is 3.26. The number of aromatic amines is 1. The number of aromatic nitrogens is 1. The summed E-state index contributed by atoms with van der Waals surface area (Å²) in [4.78, 5) is 7.45. The van der Waals surface area contributed by atoms with Crippen LogP contribution in [0.25, 0.3) is 10.9 Å². The zero-order valence-electron chi connectivity index (χ0n) is 12.2. The van der Waals surface area contributed by atoms with E-state index in [0.29, 0.717) is 6.04 Å². The summed E-state index contributed by atoms with van der Waals surface area (Å²) in [6.45, 7) is 4.30. The zero-order chi connectivity index (χ0) is 14.9. The Hall–Kier alpha value is -1.14. The molecule has 1 atom stereocenters. The highest BCUT2D eigenvalue weighted by atomic mass is 79.9. The first-order valence-corrected chi connectivity index (χ1v) is 9.25. The number of H-pyrrole nitrogens is 1. The van der Waals surface area contributed by atoms with Crippen molar-refractivity contribution in [3.63, 3.8) is 0 Å². The number of nitrogens with one attached hydrogen (secondary N) is 2. The number of benzene rings is 1. The van der Waals surface area contributed by atoms with E-state index in [1.807, 2.05) is 11.3 Å². The Morgan fingerprint density at radius 1 is 1.18 bits per heavy atom. The first-order chi connectivity index (χ1) is 10.8. The van der Waals surface area contributed by atoms with Crippen LogP contribution in [-0.2, 0) is 0 Å². The summed E-state index contributed by atoms with van der Waals surface area (Å²) >= 11 is 5.46. The van der Waals surface area contributed by atoms with Crippen molar-refractivity contribution in [2.45, 2.75) is 6.04 Å². The molecule has 0 aliphatic carbocycles. The Bertz CT molecular complexity index is 759. The quantitative estimate of drug-likeness (QED) is 0.724. The summed E-state index contributed by atoms with van der Waals surface area (Å²) in [6, 6.07) is 11.2. The fraction of sp³-hybridized carbons (Fsp3) is 0.294. The molecule has 1 saturated heterocycles. The van der Waals surface area contributed by atoms with Crippen LogP contribution in [0.3, 0.4) is 0 Å². The van der Waals surface area contributed by atoms with Crippen LogP contribution in [0.5, 0.6) is 0 Å². The van der Waals surface area contributed by atoms with E-state index >= 15 is 0 Å². The molecule has 2 N–H and O–H groups in total. The Kier molecular flexibility index (Phi) is 4.05. The molecular formula is C17H18BrN3S. The third kappa shape index (κ3) is 2.63. The van der Waals surface area contributed by atoms with Gasteiger partial charge in [0.2, 0.25) is 0 Å². The lowest BCUT2D eigenvalue weighted by Gasteiger charge is -2.34. The average Bonchev–Trinajstić information content (AvgIpc) is 3.20. The largest absolute Gasteiger partial charge is 0.361 e. The summed E-state index contributed by atoms with van der Waals surface area (Å²) in [5.74, 6) is 0. The second kappa shape index (κ2) is 6.16. The maximum Gasteiger partial charge on any atom is 0.0717 e. The van der Waals surface area contributed by atoms with Crippen molar-refractivity contribution in [1.29, 1.82) is 0 Å². The van der Waals surface area contributed by atoms with E-state index < -0.39 is 0 Å². The molecule has 1 fully saturated rings. The maximum atomic E-state index is 3.61. The minimum Gasteiger partial charge on any atom is -0.361 e. The van der Waals surface area contributed by atoms with E-state index in [1.54, 1.807) is 0 Å². The summed E-state index contributed by atoms with van der Waals surface area (Å²) in [7, 11) is 0. The fourth-order valence-corrected chi connectivity index (χ4v) is 4.50. The Balaban J connectivity index is 1.83. The molecule has 3 aromatic rings. The Morgan fingerprint density at radius 2 is 2.05 bits per heavy atom. The van der Waals surface area contributed by atoms with Gasteiger partial charge in [-0.15, -0.1) is 11.3 Å². The minimum atomic E-state index is 0.338. The summed E-state index contributed by atoms with van der Waals surface area (Å²) < 4.78 is 1.13. The van der Waals surface area contributed by atoms with Crippen molar-refractivity contribution in [3.05, 3.63) is 56.8 Å². The second-order valence-corrected chi connectivity index (χ2v) is 7.53. The van der Waals surface area contributed by atoms with Crippen LogP contribution in [0.2, 0.25) is 0 Å². The number of hydrogen-bond donors (Lipinski definition) is 2. The van der Waals surface area contributed by atoms with Gasteiger partial charge in [0.05, 0.1) is 6.04 Å². The topological polar surface area (TPSA) is 31.1 Å². The van der Waals surface area contributed by atoms with Crippen molar-refractivity contribution in [2.75, 3.05) is 26.2 Å². The van der Waals surface area contributed by atoms with Gasteiger partial charge in [-0.05, 0) is 35.2 Å². The maximum absolute atomic E-state index is 3.61. The molecule has 1 aliphatic rings. The predicted molar refractivity (Wildman–Crippen MR) is 96.6 cm³/mol. The third-order valence-corrected chi connectivity index (χ3v) is 5.72. The molecule has 1 aliphatic heterocycles. The van der Waals surface area contributed by atoms with E-state index in [9.17, 15) is 0 Å². The molecule has 4 rings (SSSR count). The van der Waals surface area contributed by atoms with E-state index in [0.717, 1.165) is 30.7 Å². The lowest BCUT2D eigenvalue weighted by Crippen LogP contribution is -2.45. The number of nitrogens with zero attached hydrogens (tertiary/aromatic N) is 1. The van der Waals surface area contributed by atoms with Gasteiger partial charge in [0.15, 0.2) is 0 Å². The molecule has 0 amide bonds. The number of fused-ring (bicyclic) bond motifs is 1. The Morgan fingerprint density at radius 3 is 2.82 bits per heavy atom. The summed E-state index contributed by atoms with van der Waals surface area (Å²) in [5.41, 5.74) is 2.58. The first kappa shape index (κ1) is 14.5. The van der Waals surface area contributed by atoms with Crippen molar-refractivity contribution in [3.8, 4) is 0 Å². The van der Waals surface area contributed by atoms with Crippen molar-refractivity contribution >= 4 is 38.2 Å². The van der Waals surface area contributed by atoms with E-state index in [1.165, 1.54) is 21.3 Å². The predicted octanol–water partition coefficient (Wildman–Crippen LogP) is 3.99. The first-order valence-electron chi connectivity index (χ1n) is 7.57. The van der Waals surface area contributed by atoms with Crippen molar-refractivity contribution < 1.29 is 0 Å². The van der Waals surface area contributed by atoms with Crippen LogP contribution >= 0.6 is 27.3 Å². The van der Waals surface area contributed by atoms with Gasteiger partial charge in [-0.2, -0.15) is 0 Å². The van der Waals surface area contributed by atoms with Gasteiger partial charge in [-0.25, -0.2) is 0 Å². The highest BCUT2D eigenvalue weighted by Gasteiger charge is 2.26. The van der Waals surface area contributed by atoms with Gasteiger partial charge in [0.1, 0.15) is 0 Å². The number of halogens is 1. The number of piperazine rings is 1. The van der Waals surface area contributed by atoms with Crippen molar-refractivity contribution in [1.82, 2.24) is 15.2 Å². The molecular weight excluding hydrogens is 358 g/mol. The molecule has 114 valence electrons. The van der Waals surface area contributed by atoms with Gasteiger partial charge >= 0.3 is 0 Å². The van der Waals surface area contributed by atoms with Gasteiger partial charge < -0.3 is 10.3 Å². The molecule has 5 heteroatoms. The van der Waals surface area contributed by atoms with E-state index in [4.69, 9.17) is 0 Å². The minimum absolute atomic E-state index is 0.338. The zero-order valence-corrected chi connectivity index (χ0v) is 14.6. The van der Waals surface area contributed by atoms with Crippen molar-refractivity contribution in [2.24, 2.45) is 0 Å². The molecule has 3 heterocycles. The standard InChI is InChI=1S/C17H18BrN3S/c18-12-3-4-15-13(10-12)14(11-20-15)17(16-2-1-9-22-16)21-7-5-19-6-8-21/h1-4,9-11,17,19-20H,5-8H2/t17-/m1/s1. The lowest BCUT2D eigenvalue weighted by atomic mass is 10.0. The van der Waals surface area contributed by atoms with Crippen LogP contribution in [0, 0.1) is 0 Å². The van der Waals surface area contributed by atoms with E-state index in [-0.39, 0.29) is 0 Å². The summed E-state index contributed by atoms with van der Waals surface area (Å²) in [5, 5.41) is 6.94. The number of rotatable bonds is 3. The molecule has 3 nitrogen and oxygen atoms in total. The monoisotopic (exact) mass is 375 g/mol. The van der Waals surface area contributed by atoms with Crippen LogP contribution in [0.1, 0.15) is 16.5 Å². The highest BCUT2D eigenvalue weighted by molar-refractivity contribution is 9.10. The average molecular weight is 376 g/mol. The molecule has 0 saturated carbocycles. The van der Waals surface area contributed by atoms with Crippen LogP contribution in [0.4, 0.5) is 0 Å². The number of thiophene rings is 1. The molecule has 1 aromatic carbocycles. The van der Waals surface area contributed by atoms with Gasteiger partial charge in [0, 0.05) is 52.6 Å². The normalized spacial score (nSPS) is 17.9. The second-order valence-electron chi connectivity index (χ2n) is 5.64. The van der Waals surface area contributed by atoms with Crippen LogP contribution < -0.4 is 5.32 Å². The number of hydrogen-bond acceptors (Lipinski definition) is 3. The van der Waals surface area contributed by atoms with Gasteiger partial charge in [-0.1, -0.05) is 22.0 Å². The SMILES string of the molecule is Brc1ccc2[nH]cc([C@H](c3cccs3)N3CCNCC3)c2c1. The van der Waals surface area contributed by atoms with E-state index in [2.05, 4.69) is 73.0 Å². The molecule has 0 spiro atoms. The third-order valence-electron chi connectivity index (χ3n) is 4.30. The highest BCUT2D eigenvalue weighted by Crippen LogP contribution is 2.36.